The highest BCUT2D eigenvalue weighted by atomic mass is 32.1. The van der Waals surface area contributed by atoms with Gasteiger partial charge >= 0.3 is 6.03 Å². The molecule has 1 aliphatic rings. The van der Waals surface area contributed by atoms with E-state index in [1.165, 1.54) is 11.3 Å². The molecule has 0 unspecified atom stereocenters. The van der Waals surface area contributed by atoms with E-state index in [2.05, 4.69) is 32.4 Å². The van der Waals surface area contributed by atoms with Crippen LogP contribution in [-0.4, -0.2) is 29.7 Å². The van der Waals surface area contributed by atoms with Crippen LogP contribution >= 0.6 is 11.3 Å². The molecule has 2 heterocycles. The summed E-state index contributed by atoms with van der Waals surface area (Å²) in [6, 6.07) is 9.64. The predicted molar refractivity (Wildman–Crippen MR) is 121 cm³/mol. The molecular formula is C23H20N4O2S. The molecule has 4 rings (SSSR count). The third-order valence-corrected chi connectivity index (χ3v) is 5.46. The van der Waals surface area contributed by atoms with Crippen molar-refractivity contribution in [1.82, 2.24) is 15.3 Å². The predicted octanol–water partition coefficient (Wildman–Crippen LogP) is 5.14. The molecule has 0 radical (unpaired) electrons. The first-order valence-electron chi connectivity index (χ1n) is 9.47. The lowest BCUT2D eigenvalue weighted by Gasteiger charge is -2.08. The zero-order valence-corrected chi connectivity index (χ0v) is 17.4. The fraction of sp³-hybridized carbons (Fsp3) is 0.130. The number of anilines is 1. The van der Waals surface area contributed by atoms with Gasteiger partial charge in [-0.1, -0.05) is 17.4 Å². The second-order valence-electron chi connectivity index (χ2n) is 6.44. The third kappa shape index (κ3) is 4.17. The van der Waals surface area contributed by atoms with Crippen molar-refractivity contribution in [2.75, 3.05) is 19.0 Å². The Morgan fingerprint density at radius 3 is 2.97 bits per heavy atom. The van der Waals surface area contributed by atoms with Crippen molar-refractivity contribution in [1.29, 1.82) is 0 Å². The van der Waals surface area contributed by atoms with E-state index >= 15 is 0 Å². The van der Waals surface area contributed by atoms with Crippen LogP contribution in [0, 0.1) is 0 Å². The maximum absolute atomic E-state index is 12.0. The standard InChI is InChI=1S/C23H20N4O2S/c1-3-24-22(28)27-23-26-20-14-16(15-8-4-5-9-17(12-15)29-2)13-18(21(20)30-23)19-10-6-7-11-25-19/h4,6-14H,3H2,1-2H3,(H2,24,26,27,28). The van der Waals surface area contributed by atoms with Gasteiger partial charge in [0.2, 0.25) is 0 Å². The van der Waals surface area contributed by atoms with Gasteiger partial charge < -0.3 is 10.1 Å². The molecule has 0 spiro atoms. The summed E-state index contributed by atoms with van der Waals surface area (Å²) in [5, 5.41) is 6.07. The molecule has 30 heavy (non-hydrogen) atoms. The van der Waals surface area contributed by atoms with Crippen molar-refractivity contribution in [2.45, 2.75) is 6.92 Å². The Morgan fingerprint density at radius 1 is 1.30 bits per heavy atom. The van der Waals surface area contributed by atoms with E-state index in [9.17, 15) is 4.79 Å². The van der Waals surface area contributed by atoms with E-state index in [0.29, 0.717) is 17.4 Å². The number of urea groups is 1. The molecule has 0 atom stereocenters. The van der Waals surface area contributed by atoms with Gasteiger partial charge in [0.05, 0.1) is 23.0 Å². The Balaban J connectivity index is 1.86. The van der Waals surface area contributed by atoms with Gasteiger partial charge in [-0.3, -0.25) is 10.3 Å². The van der Waals surface area contributed by atoms with Gasteiger partial charge in [0.1, 0.15) is 5.76 Å². The molecule has 150 valence electrons. The number of ether oxygens (including phenoxy) is 1. The van der Waals surface area contributed by atoms with Crippen molar-refractivity contribution in [3.05, 3.63) is 77.9 Å². The minimum Gasteiger partial charge on any atom is -0.496 e. The Bertz CT molecular complexity index is 1220. The zero-order valence-electron chi connectivity index (χ0n) is 16.6. The topological polar surface area (TPSA) is 76.1 Å². The summed E-state index contributed by atoms with van der Waals surface area (Å²) < 4.78 is 6.36. The fourth-order valence-corrected chi connectivity index (χ4v) is 4.04. The van der Waals surface area contributed by atoms with E-state index < -0.39 is 0 Å². The molecule has 0 fully saturated rings. The van der Waals surface area contributed by atoms with Gasteiger partial charge in [-0.05, 0) is 60.6 Å². The van der Waals surface area contributed by atoms with Crippen LogP contribution in [-0.2, 0) is 4.74 Å². The number of allylic oxidation sites excluding steroid dienone is 4. The van der Waals surface area contributed by atoms with E-state index in [4.69, 9.17) is 4.74 Å². The summed E-state index contributed by atoms with van der Waals surface area (Å²) in [5.41, 5.74) is 7.61. The average Bonchev–Trinajstić information content (AvgIpc) is 3.00. The van der Waals surface area contributed by atoms with Crippen molar-refractivity contribution in [3.63, 3.8) is 0 Å². The number of amides is 2. The smallest absolute Gasteiger partial charge is 0.321 e. The van der Waals surface area contributed by atoms with Crippen LogP contribution in [0.1, 0.15) is 12.5 Å². The summed E-state index contributed by atoms with van der Waals surface area (Å²) in [6.45, 7) is 2.42. The van der Waals surface area contributed by atoms with Gasteiger partial charge in [-0.25, -0.2) is 9.78 Å². The maximum Gasteiger partial charge on any atom is 0.321 e. The average molecular weight is 417 g/mol. The summed E-state index contributed by atoms with van der Waals surface area (Å²) in [7, 11) is 1.63. The Hall–Kier alpha value is -3.67. The summed E-state index contributed by atoms with van der Waals surface area (Å²) in [5.74, 6) is 0.714. The molecule has 2 N–H and O–H groups in total. The molecule has 0 aliphatic heterocycles. The van der Waals surface area contributed by atoms with Crippen molar-refractivity contribution in [3.8, 4) is 11.3 Å². The molecule has 0 saturated carbocycles. The quantitative estimate of drug-likeness (QED) is 0.565. The summed E-state index contributed by atoms with van der Waals surface area (Å²) in [6.07, 6.45) is 9.35. The lowest BCUT2D eigenvalue weighted by atomic mass is 10.00. The molecule has 1 aliphatic carbocycles. The number of carbonyl (C=O) groups excluding carboxylic acids is 1. The number of aromatic nitrogens is 2. The lowest BCUT2D eigenvalue weighted by Crippen LogP contribution is -2.28. The molecule has 6 nitrogen and oxygen atoms in total. The first-order chi connectivity index (χ1) is 14.7. The second-order valence-corrected chi connectivity index (χ2v) is 7.44. The summed E-state index contributed by atoms with van der Waals surface area (Å²) >= 11 is 1.43. The number of nitrogens with one attached hydrogen (secondary N) is 2. The van der Waals surface area contributed by atoms with Crippen LogP contribution in [0.15, 0.2) is 72.3 Å². The van der Waals surface area contributed by atoms with Gasteiger partial charge in [0.25, 0.3) is 0 Å². The molecular weight excluding hydrogens is 396 g/mol. The number of pyridine rings is 1. The maximum atomic E-state index is 12.0. The molecule has 7 heteroatoms. The van der Waals surface area contributed by atoms with Crippen LogP contribution in [0.3, 0.4) is 0 Å². The highest BCUT2D eigenvalue weighted by Gasteiger charge is 2.15. The van der Waals surface area contributed by atoms with Crippen molar-refractivity contribution >= 4 is 38.3 Å². The molecule has 2 amide bonds. The Labute approximate surface area is 178 Å². The van der Waals surface area contributed by atoms with E-state index in [-0.39, 0.29) is 6.03 Å². The van der Waals surface area contributed by atoms with Gasteiger partial charge in [-0.15, -0.1) is 5.73 Å². The van der Waals surface area contributed by atoms with Crippen LogP contribution in [0.5, 0.6) is 0 Å². The van der Waals surface area contributed by atoms with E-state index in [1.807, 2.05) is 49.4 Å². The second kappa shape index (κ2) is 8.78. The number of rotatable bonds is 5. The number of thiazole rings is 1. The SMILES string of the molecule is CCNC(=O)Nc1nc2cc(C3=CC=C=CC(OC)=C3)cc(-c3ccccn3)c2s1. The highest BCUT2D eigenvalue weighted by molar-refractivity contribution is 7.22. The number of carbonyl (C=O) groups is 1. The van der Waals surface area contributed by atoms with Crippen molar-refractivity contribution in [2.24, 2.45) is 0 Å². The zero-order chi connectivity index (χ0) is 20.9. The van der Waals surface area contributed by atoms with Gasteiger partial charge in [0, 0.05) is 24.4 Å². The van der Waals surface area contributed by atoms with Gasteiger partial charge in [0.15, 0.2) is 5.13 Å². The normalized spacial score (nSPS) is 12.9. The lowest BCUT2D eigenvalue weighted by molar-refractivity contribution is 0.252. The highest BCUT2D eigenvalue weighted by Crippen LogP contribution is 2.37. The number of nitrogens with zero attached hydrogens (tertiary/aromatic N) is 2. The third-order valence-electron chi connectivity index (χ3n) is 4.44. The molecule has 0 saturated heterocycles. The minimum atomic E-state index is -0.272. The molecule has 1 aromatic carbocycles. The first-order valence-corrected chi connectivity index (χ1v) is 10.3. The van der Waals surface area contributed by atoms with E-state index in [1.54, 1.807) is 19.4 Å². The number of methoxy groups -OCH3 is 1. The molecule has 0 bridgehead atoms. The summed E-state index contributed by atoms with van der Waals surface area (Å²) in [4.78, 5) is 21.1. The van der Waals surface area contributed by atoms with E-state index in [0.717, 1.165) is 32.6 Å². The number of hydrogen-bond donors (Lipinski definition) is 2. The van der Waals surface area contributed by atoms with Crippen molar-refractivity contribution < 1.29 is 9.53 Å². The monoisotopic (exact) mass is 416 g/mol. The Morgan fingerprint density at radius 2 is 2.20 bits per heavy atom. The number of benzene rings is 1. The van der Waals surface area contributed by atoms with Crippen LogP contribution < -0.4 is 10.6 Å². The first kappa shape index (κ1) is 19.6. The van der Waals surface area contributed by atoms with Gasteiger partial charge in [-0.2, -0.15) is 0 Å². The largest absolute Gasteiger partial charge is 0.496 e. The van der Waals surface area contributed by atoms with Crippen LogP contribution in [0.25, 0.3) is 27.0 Å². The number of fused-ring (bicyclic) bond motifs is 1. The van der Waals surface area contributed by atoms with Crippen LogP contribution in [0.2, 0.25) is 0 Å². The number of hydrogen-bond acceptors (Lipinski definition) is 5. The Kier molecular flexibility index (Phi) is 5.75. The fourth-order valence-electron chi connectivity index (χ4n) is 3.08. The van der Waals surface area contributed by atoms with Crippen LogP contribution in [0.4, 0.5) is 9.93 Å². The molecule has 2 aromatic heterocycles. The minimum absolute atomic E-state index is 0.272. The molecule has 3 aromatic rings.